The standard InChI is InChI=1S/C29H40N4O3/c1-22(16-23-8-3-2-4-9-23)27(35)32-15-13-29(36,28(20-32)11-5-6-12-28)21-33-19-25(31-18-26(33)34)24-10-7-14-30-17-24/h7,10,14,17-19,22-23,36H,2-6,8-9,11-13,15-16,20-21H2,1H3. The van der Waals surface area contributed by atoms with E-state index in [9.17, 15) is 14.7 Å². The van der Waals surface area contributed by atoms with E-state index >= 15 is 0 Å². The number of piperidine rings is 1. The van der Waals surface area contributed by atoms with E-state index in [0.29, 0.717) is 31.1 Å². The smallest absolute Gasteiger partial charge is 0.269 e. The molecule has 194 valence electrons. The van der Waals surface area contributed by atoms with Gasteiger partial charge in [0, 0.05) is 48.6 Å². The highest BCUT2D eigenvalue weighted by atomic mass is 16.3. The third-order valence-electron chi connectivity index (χ3n) is 9.25. The van der Waals surface area contributed by atoms with Crippen LogP contribution in [0, 0.1) is 17.3 Å². The van der Waals surface area contributed by atoms with Crippen LogP contribution in [0.15, 0.2) is 41.7 Å². The number of aromatic nitrogens is 3. The summed E-state index contributed by atoms with van der Waals surface area (Å²) >= 11 is 0. The number of pyridine rings is 1. The van der Waals surface area contributed by atoms with Crippen LogP contribution in [0.4, 0.5) is 0 Å². The molecule has 36 heavy (non-hydrogen) atoms. The fraction of sp³-hybridized carbons (Fsp3) is 0.655. The van der Waals surface area contributed by atoms with Gasteiger partial charge in [-0.05, 0) is 43.7 Å². The summed E-state index contributed by atoms with van der Waals surface area (Å²) in [6, 6.07) is 3.76. The van der Waals surface area contributed by atoms with Crippen LogP contribution >= 0.6 is 0 Å². The van der Waals surface area contributed by atoms with Crippen molar-refractivity contribution in [1.29, 1.82) is 0 Å². The van der Waals surface area contributed by atoms with Gasteiger partial charge in [0.1, 0.15) is 0 Å². The van der Waals surface area contributed by atoms with Gasteiger partial charge in [0.25, 0.3) is 5.56 Å². The van der Waals surface area contributed by atoms with Gasteiger partial charge in [0.05, 0.1) is 24.0 Å². The highest BCUT2D eigenvalue weighted by molar-refractivity contribution is 5.78. The monoisotopic (exact) mass is 492 g/mol. The second-order valence-corrected chi connectivity index (χ2v) is 11.6. The van der Waals surface area contributed by atoms with Crippen molar-refractivity contribution in [3.05, 3.63) is 47.3 Å². The maximum absolute atomic E-state index is 13.5. The molecule has 7 heteroatoms. The largest absolute Gasteiger partial charge is 0.387 e. The Morgan fingerprint density at radius 3 is 2.64 bits per heavy atom. The number of aliphatic hydroxyl groups is 1. The molecule has 2 aromatic heterocycles. The van der Waals surface area contributed by atoms with E-state index in [1.165, 1.54) is 38.3 Å². The molecule has 1 spiro atoms. The van der Waals surface area contributed by atoms with Gasteiger partial charge in [0.2, 0.25) is 5.91 Å². The molecular formula is C29H40N4O3. The Kier molecular flexibility index (Phi) is 7.29. The fourth-order valence-corrected chi connectivity index (χ4v) is 7.13. The number of hydrogen-bond acceptors (Lipinski definition) is 5. The first-order chi connectivity index (χ1) is 17.4. The number of amides is 1. The van der Waals surface area contributed by atoms with Gasteiger partial charge in [-0.1, -0.05) is 51.9 Å². The van der Waals surface area contributed by atoms with Gasteiger partial charge >= 0.3 is 0 Å². The van der Waals surface area contributed by atoms with Crippen molar-refractivity contribution in [2.75, 3.05) is 13.1 Å². The SMILES string of the molecule is CC(CC1CCCCC1)C(=O)N1CCC(O)(Cn2cc(-c3cccnc3)ncc2=O)C2(CCCC2)C1. The van der Waals surface area contributed by atoms with Crippen LogP contribution in [-0.4, -0.2) is 49.1 Å². The van der Waals surface area contributed by atoms with Crippen LogP contribution in [0.25, 0.3) is 11.3 Å². The third kappa shape index (κ3) is 4.99. The summed E-state index contributed by atoms with van der Waals surface area (Å²) in [6.45, 7) is 3.45. The van der Waals surface area contributed by atoms with E-state index in [2.05, 4.69) is 16.9 Å². The molecule has 1 saturated heterocycles. The average molecular weight is 493 g/mol. The molecule has 1 amide bonds. The molecule has 5 rings (SSSR count). The second-order valence-electron chi connectivity index (χ2n) is 11.6. The van der Waals surface area contributed by atoms with Crippen molar-refractivity contribution in [3.63, 3.8) is 0 Å². The summed E-state index contributed by atoms with van der Waals surface area (Å²) in [5, 5.41) is 12.1. The number of rotatable bonds is 6. The van der Waals surface area contributed by atoms with Gasteiger partial charge in [-0.3, -0.25) is 14.6 Å². The first-order valence-corrected chi connectivity index (χ1v) is 13.9. The Bertz CT molecular complexity index is 1110. The zero-order valence-corrected chi connectivity index (χ0v) is 21.6. The van der Waals surface area contributed by atoms with Crippen LogP contribution in [0.2, 0.25) is 0 Å². The highest BCUT2D eigenvalue weighted by Gasteiger charge is 2.55. The fourth-order valence-electron chi connectivity index (χ4n) is 7.13. The molecule has 3 fully saturated rings. The molecule has 1 N–H and O–H groups in total. The zero-order chi connectivity index (χ0) is 25.2. The molecule has 2 aromatic rings. The lowest BCUT2D eigenvalue weighted by atomic mass is 9.65. The van der Waals surface area contributed by atoms with Gasteiger partial charge < -0.3 is 14.6 Å². The normalized spacial score (nSPS) is 25.2. The molecule has 3 aliphatic rings. The molecular weight excluding hydrogens is 452 g/mol. The summed E-state index contributed by atoms with van der Waals surface area (Å²) in [4.78, 5) is 36.8. The highest BCUT2D eigenvalue weighted by Crippen LogP contribution is 2.52. The molecule has 2 unspecified atom stereocenters. The molecule has 2 atom stereocenters. The lowest BCUT2D eigenvalue weighted by Gasteiger charge is -2.52. The lowest BCUT2D eigenvalue weighted by Crippen LogP contribution is -2.62. The number of carbonyl (C=O) groups is 1. The molecule has 3 heterocycles. The third-order valence-corrected chi connectivity index (χ3v) is 9.25. The van der Waals surface area contributed by atoms with E-state index in [4.69, 9.17) is 0 Å². The minimum absolute atomic E-state index is 0.0302. The van der Waals surface area contributed by atoms with Crippen LogP contribution in [-0.2, 0) is 11.3 Å². The molecule has 7 nitrogen and oxygen atoms in total. The Morgan fingerprint density at radius 1 is 1.14 bits per heavy atom. The minimum Gasteiger partial charge on any atom is -0.387 e. The number of hydrogen-bond donors (Lipinski definition) is 1. The van der Waals surface area contributed by atoms with Crippen molar-refractivity contribution in [2.45, 2.75) is 89.7 Å². The molecule has 0 aromatic carbocycles. The molecule has 0 bridgehead atoms. The first kappa shape index (κ1) is 25.1. The number of likely N-dealkylation sites (tertiary alicyclic amines) is 1. The number of nitrogens with zero attached hydrogens (tertiary/aromatic N) is 4. The predicted molar refractivity (Wildman–Crippen MR) is 139 cm³/mol. The lowest BCUT2D eigenvalue weighted by molar-refractivity contribution is -0.163. The van der Waals surface area contributed by atoms with Crippen LogP contribution in [0.5, 0.6) is 0 Å². The van der Waals surface area contributed by atoms with E-state index in [1.54, 1.807) is 23.2 Å². The molecule has 0 radical (unpaired) electrons. The Balaban J connectivity index is 1.34. The van der Waals surface area contributed by atoms with Gasteiger partial charge in [0.15, 0.2) is 0 Å². The zero-order valence-electron chi connectivity index (χ0n) is 21.6. The Hall–Kier alpha value is -2.54. The molecule has 2 saturated carbocycles. The van der Waals surface area contributed by atoms with E-state index in [-0.39, 0.29) is 29.3 Å². The average Bonchev–Trinajstić information content (AvgIpc) is 3.38. The van der Waals surface area contributed by atoms with Crippen LogP contribution < -0.4 is 5.56 Å². The van der Waals surface area contributed by atoms with Crippen LogP contribution in [0.3, 0.4) is 0 Å². The summed E-state index contributed by atoms with van der Waals surface area (Å²) < 4.78 is 1.61. The first-order valence-electron chi connectivity index (χ1n) is 13.9. The van der Waals surface area contributed by atoms with Crippen LogP contribution in [0.1, 0.15) is 77.6 Å². The summed E-state index contributed by atoms with van der Waals surface area (Å²) in [5.41, 5.74) is -0.131. The van der Waals surface area contributed by atoms with Crippen molar-refractivity contribution < 1.29 is 9.90 Å². The van der Waals surface area contributed by atoms with Crippen molar-refractivity contribution in [1.82, 2.24) is 19.4 Å². The van der Waals surface area contributed by atoms with E-state index < -0.39 is 5.60 Å². The summed E-state index contributed by atoms with van der Waals surface area (Å²) in [6.07, 6.45) is 18.3. The predicted octanol–water partition coefficient (Wildman–Crippen LogP) is 4.44. The number of carbonyl (C=O) groups excluding carboxylic acids is 1. The van der Waals surface area contributed by atoms with Crippen molar-refractivity contribution in [3.8, 4) is 11.3 Å². The topological polar surface area (TPSA) is 88.3 Å². The minimum atomic E-state index is -1.04. The summed E-state index contributed by atoms with van der Waals surface area (Å²) in [7, 11) is 0. The van der Waals surface area contributed by atoms with Gasteiger partial charge in [-0.15, -0.1) is 0 Å². The molecule has 2 aliphatic carbocycles. The van der Waals surface area contributed by atoms with E-state index in [1.807, 2.05) is 17.0 Å². The van der Waals surface area contributed by atoms with Gasteiger partial charge in [-0.2, -0.15) is 0 Å². The molecule has 1 aliphatic heterocycles. The van der Waals surface area contributed by atoms with Gasteiger partial charge in [-0.25, -0.2) is 4.98 Å². The second kappa shape index (κ2) is 10.4. The maximum atomic E-state index is 13.5. The summed E-state index contributed by atoms with van der Waals surface area (Å²) in [5.74, 6) is 0.948. The van der Waals surface area contributed by atoms with E-state index in [0.717, 1.165) is 37.7 Å². The van der Waals surface area contributed by atoms with Crippen molar-refractivity contribution in [2.24, 2.45) is 17.3 Å². The Morgan fingerprint density at radius 2 is 1.92 bits per heavy atom. The van der Waals surface area contributed by atoms with Crippen molar-refractivity contribution >= 4 is 5.91 Å². The maximum Gasteiger partial charge on any atom is 0.269 e. The Labute approximate surface area is 214 Å². The quantitative estimate of drug-likeness (QED) is 0.644.